The van der Waals surface area contributed by atoms with E-state index in [4.69, 9.17) is 10.5 Å². The maximum absolute atomic E-state index is 12.1. The van der Waals surface area contributed by atoms with E-state index < -0.39 is 24.9 Å². The van der Waals surface area contributed by atoms with Crippen LogP contribution in [0.3, 0.4) is 0 Å². The second kappa shape index (κ2) is 7.09. The highest BCUT2D eigenvalue weighted by Crippen LogP contribution is 2.24. The Morgan fingerprint density at radius 3 is 2.74 bits per heavy atom. The predicted octanol–water partition coefficient (Wildman–Crippen LogP) is 1.73. The monoisotopic (exact) mass is 282 g/mol. The zero-order chi connectivity index (χ0) is 14.5. The number of carbonyl (C=O) groups excluding carboxylic acids is 1. The van der Waals surface area contributed by atoms with Crippen molar-refractivity contribution in [2.75, 3.05) is 6.61 Å². The SMILES string of the molecule is CC[C@@H](N)C(=O)NC1CCCC(OCC(F)(F)F)C1. The highest BCUT2D eigenvalue weighted by molar-refractivity contribution is 5.81. The fourth-order valence-corrected chi connectivity index (χ4v) is 2.13. The van der Waals surface area contributed by atoms with Crippen LogP contribution in [0.15, 0.2) is 0 Å². The van der Waals surface area contributed by atoms with Gasteiger partial charge in [-0.05, 0) is 32.1 Å². The van der Waals surface area contributed by atoms with Gasteiger partial charge in [-0.3, -0.25) is 4.79 Å². The van der Waals surface area contributed by atoms with E-state index in [0.717, 1.165) is 12.8 Å². The molecular weight excluding hydrogens is 261 g/mol. The maximum atomic E-state index is 12.1. The van der Waals surface area contributed by atoms with Crippen LogP contribution in [-0.2, 0) is 9.53 Å². The average Bonchev–Trinajstić information content (AvgIpc) is 2.35. The van der Waals surface area contributed by atoms with Crippen LogP contribution in [0.4, 0.5) is 13.2 Å². The van der Waals surface area contributed by atoms with Crippen LogP contribution < -0.4 is 11.1 Å². The summed E-state index contributed by atoms with van der Waals surface area (Å²) in [6.45, 7) is 0.577. The van der Waals surface area contributed by atoms with Gasteiger partial charge in [-0.1, -0.05) is 6.92 Å². The van der Waals surface area contributed by atoms with E-state index in [1.54, 1.807) is 6.92 Å². The van der Waals surface area contributed by atoms with Gasteiger partial charge < -0.3 is 15.8 Å². The van der Waals surface area contributed by atoms with Crippen molar-refractivity contribution < 1.29 is 22.7 Å². The fourth-order valence-electron chi connectivity index (χ4n) is 2.13. The Morgan fingerprint density at radius 1 is 1.47 bits per heavy atom. The molecule has 1 fully saturated rings. The van der Waals surface area contributed by atoms with E-state index in [9.17, 15) is 18.0 Å². The number of hydrogen-bond donors (Lipinski definition) is 2. The molecule has 1 aliphatic rings. The summed E-state index contributed by atoms with van der Waals surface area (Å²) in [6, 6.07) is -0.700. The molecule has 1 saturated carbocycles. The lowest BCUT2D eigenvalue weighted by Gasteiger charge is -2.30. The van der Waals surface area contributed by atoms with Crippen LogP contribution in [0.5, 0.6) is 0 Å². The Balaban J connectivity index is 2.36. The molecule has 112 valence electrons. The van der Waals surface area contributed by atoms with Crippen molar-refractivity contribution >= 4 is 5.91 Å². The predicted molar refractivity (Wildman–Crippen MR) is 64.5 cm³/mol. The summed E-state index contributed by atoms with van der Waals surface area (Å²) in [4.78, 5) is 11.6. The number of alkyl halides is 3. The van der Waals surface area contributed by atoms with Crippen molar-refractivity contribution in [3.05, 3.63) is 0 Å². The summed E-state index contributed by atoms with van der Waals surface area (Å²) in [5.74, 6) is -0.246. The van der Waals surface area contributed by atoms with Crippen LogP contribution in [0, 0.1) is 0 Å². The third-order valence-corrected chi connectivity index (χ3v) is 3.23. The lowest BCUT2D eigenvalue weighted by atomic mass is 9.92. The highest BCUT2D eigenvalue weighted by atomic mass is 19.4. The highest BCUT2D eigenvalue weighted by Gasteiger charge is 2.31. The van der Waals surface area contributed by atoms with E-state index in [0.29, 0.717) is 19.3 Å². The molecule has 0 bridgehead atoms. The Hall–Kier alpha value is -0.820. The minimum absolute atomic E-state index is 0.142. The Labute approximate surface area is 110 Å². The van der Waals surface area contributed by atoms with Crippen LogP contribution in [0.1, 0.15) is 39.0 Å². The molecule has 7 heteroatoms. The van der Waals surface area contributed by atoms with E-state index in [1.807, 2.05) is 0 Å². The summed E-state index contributed by atoms with van der Waals surface area (Å²) in [6.07, 6.45) is -1.70. The van der Waals surface area contributed by atoms with Gasteiger partial charge in [0.25, 0.3) is 0 Å². The largest absolute Gasteiger partial charge is 0.411 e. The molecule has 0 radical (unpaired) electrons. The number of rotatable bonds is 5. The third-order valence-electron chi connectivity index (χ3n) is 3.23. The second-order valence-corrected chi connectivity index (χ2v) is 4.94. The van der Waals surface area contributed by atoms with Gasteiger partial charge in [0.1, 0.15) is 6.61 Å². The molecule has 4 nitrogen and oxygen atoms in total. The molecular formula is C12H21F3N2O2. The maximum Gasteiger partial charge on any atom is 0.411 e. The number of halogens is 3. The van der Waals surface area contributed by atoms with Gasteiger partial charge in [0.2, 0.25) is 5.91 Å². The molecule has 0 aromatic carbocycles. The van der Waals surface area contributed by atoms with Gasteiger partial charge in [0, 0.05) is 6.04 Å². The van der Waals surface area contributed by atoms with Crippen LogP contribution in [0.25, 0.3) is 0 Å². The second-order valence-electron chi connectivity index (χ2n) is 4.94. The van der Waals surface area contributed by atoms with Gasteiger partial charge in [-0.25, -0.2) is 0 Å². The summed E-state index contributed by atoms with van der Waals surface area (Å²) in [5, 5.41) is 2.77. The van der Waals surface area contributed by atoms with Crippen molar-refractivity contribution in [1.82, 2.24) is 5.32 Å². The van der Waals surface area contributed by atoms with Crippen LogP contribution in [0.2, 0.25) is 0 Å². The van der Waals surface area contributed by atoms with Crippen molar-refractivity contribution in [2.24, 2.45) is 5.73 Å². The smallest absolute Gasteiger partial charge is 0.369 e. The molecule has 0 aromatic heterocycles. The molecule has 0 spiro atoms. The first-order chi connectivity index (χ1) is 8.81. The Bertz CT molecular complexity index is 297. The van der Waals surface area contributed by atoms with Gasteiger partial charge >= 0.3 is 6.18 Å². The average molecular weight is 282 g/mol. The number of amides is 1. The Kier molecular flexibility index (Phi) is 6.06. The minimum Gasteiger partial charge on any atom is -0.369 e. The number of nitrogens with two attached hydrogens (primary N) is 1. The first kappa shape index (κ1) is 16.2. The molecule has 3 atom stereocenters. The first-order valence-corrected chi connectivity index (χ1v) is 6.56. The zero-order valence-corrected chi connectivity index (χ0v) is 11.0. The van der Waals surface area contributed by atoms with Crippen molar-refractivity contribution in [3.63, 3.8) is 0 Å². The van der Waals surface area contributed by atoms with Gasteiger partial charge in [0.15, 0.2) is 0 Å². The van der Waals surface area contributed by atoms with Gasteiger partial charge in [-0.15, -0.1) is 0 Å². The van der Waals surface area contributed by atoms with Gasteiger partial charge in [0.05, 0.1) is 12.1 Å². The van der Waals surface area contributed by atoms with Crippen LogP contribution in [-0.4, -0.2) is 36.9 Å². The molecule has 0 aliphatic heterocycles. The normalized spacial score (nSPS) is 25.9. The first-order valence-electron chi connectivity index (χ1n) is 6.56. The molecule has 19 heavy (non-hydrogen) atoms. The zero-order valence-electron chi connectivity index (χ0n) is 11.0. The molecule has 1 aliphatic carbocycles. The van der Waals surface area contributed by atoms with Crippen molar-refractivity contribution in [1.29, 1.82) is 0 Å². The summed E-state index contributed by atoms with van der Waals surface area (Å²) in [7, 11) is 0. The number of carbonyl (C=O) groups is 1. The molecule has 0 aromatic rings. The molecule has 1 amide bonds. The van der Waals surface area contributed by atoms with Crippen molar-refractivity contribution in [3.8, 4) is 0 Å². The molecule has 1 rings (SSSR count). The Morgan fingerprint density at radius 2 is 2.16 bits per heavy atom. The lowest BCUT2D eigenvalue weighted by molar-refractivity contribution is -0.188. The number of ether oxygens (including phenoxy) is 1. The van der Waals surface area contributed by atoms with Crippen molar-refractivity contribution in [2.45, 2.75) is 63.4 Å². The molecule has 0 saturated heterocycles. The molecule has 2 unspecified atom stereocenters. The molecule has 0 heterocycles. The van der Waals surface area contributed by atoms with E-state index in [-0.39, 0.29) is 11.9 Å². The number of nitrogens with one attached hydrogen (secondary N) is 1. The van der Waals surface area contributed by atoms with Crippen LogP contribution >= 0.6 is 0 Å². The van der Waals surface area contributed by atoms with E-state index in [2.05, 4.69) is 5.32 Å². The lowest BCUT2D eigenvalue weighted by Crippen LogP contribution is -2.47. The van der Waals surface area contributed by atoms with E-state index >= 15 is 0 Å². The van der Waals surface area contributed by atoms with E-state index in [1.165, 1.54) is 0 Å². The molecule has 3 N–H and O–H groups in total. The third kappa shape index (κ3) is 6.24. The summed E-state index contributed by atoms with van der Waals surface area (Å²) in [5.41, 5.74) is 5.59. The summed E-state index contributed by atoms with van der Waals surface area (Å²) >= 11 is 0. The summed E-state index contributed by atoms with van der Waals surface area (Å²) < 4.78 is 41.0. The van der Waals surface area contributed by atoms with Gasteiger partial charge in [-0.2, -0.15) is 13.2 Å². The quantitative estimate of drug-likeness (QED) is 0.807. The minimum atomic E-state index is -4.30. The fraction of sp³-hybridized carbons (Fsp3) is 0.917. The number of hydrogen-bond acceptors (Lipinski definition) is 3. The standard InChI is InChI=1S/C12H21F3N2O2/c1-2-10(16)11(18)17-8-4-3-5-9(6-8)19-7-12(13,14)15/h8-10H,2-7,16H2,1H3,(H,17,18)/t8?,9?,10-/m1/s1. The topological polar surface area (TPSA) is 64.4 Å².